The van der Waals surface area contributed by atoms with E-state index in [9.17, 15) is 23.3 Å². The lowest BCUT2D eigenvalue weighted by atomic mass is 9.97. The Balaban J connectivity index is 1.01. The number of benzene rings is 2. The van der Waals surface area contributed by atoms with Crippen molar-refractivity contribution >= 4 is 11.5 Å². The number of fused-ring (bicyclic) bond motifs is 1. The molecule has 0 bridgehead atoms. The van der Waals surface area contributed by atoms with Crippen LogP contribution in [0.2, 0.25) is 0 Å². The summed E-state index contributed by atoms with van der Waals surface area (Å²) < 4.78 is 56.9. The third-order valence-electron chi connectivity index (χ3n) is 6.74. The summed E-state index contributed by atoms with van der Waals surface area (Å²) in [4.78, 5) is 16.4. The molecule has 1 saturated heterocycles. The third kappa shape index (κ3) is 6.18. The molecular formula is C26H27F3N4O5. The Kier molecular flexibility index (Phi) is 7.41. The van der Waals surface area contributed by atoms with Gasteiger partial charge in [0.2, 0.25) is 0 Å². The van der Waals surface area contributed by atoms with E-state index in [0.717, 1.165) is 49.3 Å². The van der Waals surface area contributed by atoms with Gasteiger partial charge in [-0.2, -0.15) is 13.2 Å². The van der Waals surface area contributed by atoms with Crippen LogP contribution in [0.25, 0.3) is 0 Å². The molecule has 0 spiro atoms. The van der Waals surface area contributed by atoms with Crippen molar-refractivity contribution < 1.29 is 32.3 Å². The largest absolute Gasteiger partial charge is 0.490 e. The van der Waals surface area contributed by atoms with Gasteiger partial charge in [0.25, 0.3) is 0 Å². The van der Waals surface area contributed by atoms with Gasteiger partial charge in [-0.3, -0.25) is 4.57 Å². The first-order valence-corrected chi connectivity index (χ1v) is 12.3. The molecule has 5 rings (SSSR count). The molecule has 2 aliphatic rings. The number of nitrogens with zero attached hydrogens (tertiary/aromatic N) is 4. The Labute approximate surface area is 216 Å². The summed E-state index contributed by atoms with van der Waals surface area (Å²) in [7, 11) is 0. The average molecular weight is 533 g/mol. The number of aromatic nitrogens is 2. The van der Waals surface area contributed by atoms with Crippen LogP contribution in [0.5, 0.6) is 11.8 Å². The number of ether oxygens (including phenoxy) is 3. The SMILES string of the molecule is O=[N+]([O-])c1cn2c(n1)OC(COc1ccc(N3CCC(COCc4ccc(C(F)(F)F)cc4)CC3)cc1)C2. The average Bonchev–Trinajstić information content (AvgIpc) is 3.48. The molecule has 1 atom stereocenters. The maximum atomic E-state index is 12.7. The van der Waals surface area contributed by atoms with E-state index in [1.54, 1.807) is 4.57 Å². The summed E-state index contributed by atoms with van der Waals surface area (Å²) in [6.07, 6.45) is -1.29. The van der Waals surface area contributed by atoms with E-state index in [0.29, 0.717) is 38.0 Å². The zero-order chi connectivity index (χ0) is 26.7. The Morgan fingerprint density at radius 2 is 1.76 bits per heavy atom. The summed E-state index contributed by atoms with van der Waals surface area (Å²) in [5.41, 5.74) is 1.18. The van der Waals surface area contributed by atoms with E-state index in [1.165, 1.54) is 18.3 Å². The van der Waals surface area contributed by atoms with Crippen molar-refractivity contribution in [3.63, 3.8) is 0 Å². The quantitative estimate of drug-likeness (QED) is 0.280. The molecule has 2 aliphatic heterocycles. The van der Waals surface area contributed by atoms with Gasteiger partial charge >= 0.3 is 18.0 Å². The van der Waals surface area contributed by atoms with Crippen LogP contribution >= 0.6 is 0 Å². The molecule has 1 unspecified atom stereocenters. The Morgan fingerprint density at radius 1 is 1.05 bits per heavy atom. The number of nitro groups is 1. The van der Waals surface area contributed by atoms with Crippen LogP contribution in [0, 0.1) is 16.0 Å². The second-order valence-electron chi connectivity index (χ2n) is 9.48. The highest BCUT2D eigenvalue weighted by Gasteiger charge is 2.32. The number of halogens is 3. The van der Waals surface area contributed by atoms with E-state index >= 15 is 0 Å². The monoisotopic (exact) mass is 532 g/mol. The standard InChI is InChI=1S/C26H27F3N4O5/c27-26(28,29)20-3-1-18(2-4-20)15-36-16-19-9-11-31(12-10-19)21-5-7-22(8-6-21)37-17-23-13-32-14-24(33(34)35)30-25(32)38-23/h1-8,14,19,23H,9-13,15-17H2. The topological polar surface area (TPSA) is 91.9 Å². The van der Waals surface area contributed by atoms with Gasteiger partial charge in [0, 0.05) is 30.4 Å². The first-order chi connectivity index (χ1) is 18.2. The molecule has 0 aliphatic carbocycles. The second-order valence-corrected chi connectivity index (χ2v) is 9.48. The smallest absolute Gasteiger partial charge is 0.416 e. The van der Waals surface area contributed by atoms with Gasteiger partial charge in [-0.1, -0.05) is 12.1 Å². The van der Waals surface area contributed by atoms with Gasteiger partial charge < -0.3 is 29.2 Å². The first-order valence-electron chi connectivity index (χ1n) is 12.3. The zero-order valence-electron chi connectivity index (χ0n) is 20.5. The highest BCUT2D eigenvalue weighted by Crippen LogP contribution is 2.30. The third-order valence-corrected chi connectivity index (χ3v) is 6.74. The Morgan fingerprint density at radius 3 is 2.39 bits per heavy atom. The van der Waals surface area contributed by atoms with Crippen molar-refractivity contribution in [1.82, 2.24) is 9.55 Å². The molecule has 0 N–H and O–H groups in total. The summed E-state index contributed by atoms with van der Waals surface area (Å²) in [5.74, 6) is 0.884. The number of piperidine rings is 1. The summed E-state index contributed by atoms with van der Waals surface area (Å²) in [5, 5.41) is 10.8. The lowest BCUT2D eigenvalue weighted by Gasteiger charge is -2.33. The van der Waals surface area contributed by atoms with Crippen molar-refractivity contribution in [2.45, 2.75) is 38.3 Å². The van der Waals surface area contributed by atoms with Crippen LogP contribution in [0.4, 0.5) is 24.7 Å². The molecule has 3 aromatic rings. The molecule has 3 heterocycles. The van der Waals surface area contributed by atoms with Gasteiger partial charge in [0.05, 0.1) is 18.7 Å². The highest BCUT2D eigenvalue weighted by molar-refractivity contribution is 5.49. The molecule has 38 heavy (non-hydrogen) atoms. The molecule has 12 heteroatoms. The molecule has 0 saturated carbocycles. The van der Waals surface area contributed by atoms with E-state index in [1.807, 2.05) is 24.3 Å². The zero-order valence-corrected chi connectivity index (χ0v) is 20.5. The van der Waals surface area contributed by atoms with E-state index in [4.69, 9.17) is 14.2 Å². The van der Waals surface area contributed by atoms with Crippen molar-refractivity contribution in [3.05, 3.63) is 76.0 Å². The number of hydrogen-bond donors (Lipinski definition) is 0. The maximum Gasteiger partial charge on any atom is 0.416 e. The minimum atomic E-state index is -4.33. The van der Waals surface area contributed by atoms with Crippen LogP contribution < -0.4 is 14.4 Å². The molecule has 2 aromatic carbocycles. The summed E-state index contributed by atoms with van der Waals surface area (Å²) in [6, 6.07) is 13.2. The minimum Gasteiger partial charge on any atom is -0.490 e. The van der Waals surface area contributed by atoms with Gasteiger partial charge in [0.1, 0.15) is 18.6 Å². The Bertz CT molecular complexity index is 1220. The summed E-state index contributed by atoms with van der Waals surface area (Å²) in [6.45, 7) is 3.40. The molecule has 1 fully saturated rings. The van der Waals surface area contributed by atoms with E-state index in [2.05, 4.69) is 9.88 Å². The van der Waals surface area contributed by atoms with Crippen LogP contribution in [-0.2, 0) is 24.1 Å². The number of anilines is 1. The molecule has 9 nitrogen and oxygen atoms in total. The molecule has 1 aromatic heterocycles. The van der Waals surface area contributed by atoms with Gasteiger partial charge in [-0.25, -0.2) is 0 Å². The minimum absolute atomic E-state index is 0.231. The van der Waals surface area contributed by atoms with Crippen LogP contribution in [-0.4, -0.2) is 46.9 Å². The number of imidazole rings is 1. The molecular weight excluding hydrogens is 505 g/mol. The summed E-state index contributed by atoms with van der Waals surface area (Å²) >= 11 is 0. The molecule has 0 amide bonds. The Hall–Kier alpha value is -3.80. The first kappa shape index (κ1) is 25.8. The van der Waals surface area contributed by atoms with Gasteiger partial charge in [0.15, 0.2) is 6.10 Å². The van der Waals surface area contributed by atoms with Crippen LogP contribution in [0.1, 0.15) is 24.0 Å². The molecule has 202 valence electrons. The fourth-order valence-electron chi connectivity index (χ4n) is 4.62. The lowest BCUT2D eigenvalue weighted by Crippen LogP contribution is -2.35. The maximum absolute atomic E-state index is 12.7. The van der Waals surface area contributed by atoms with Crippen molar-refractivity contribution in [3.8, 4) is 11.8 Å². The lowest BCUT2D eigenvalue weighted by molar-refractivity contribution is -0.389. The van der Waals surface area contributed by atoms with E-state index in [-0.39, 0.29) is 17.9 Å². The predicted molar refractivity (Wildman–Crippen MR) is 131 cm³/mol. The van der Waals surface area contributed by atoms with Crippen LogP contribution in [0.15, 0.2) is 54.7 Å². The van der Waals surface area contributed by atoms with E-state index < -0.39 is 16.7 Å². The molecule has 0 radical (unpaired) electrons. The number of hydrogen-bond acceptors (Lipinski definition) is 7. The van der Waals surface area contributed by atoms with Crippen LogP contribution in [0.3, 0.4) is 0 Å². The van der Waals surface area contributed by atoms with Gasteiger partial charge in [-0.05, 0) is 65.6 Å². The van der Waals surface area contributed by atoms with Crippen molar-refractivity contribution in [2.75, 3.05) is 31.2 Å². The van der Waals surface area contributed by atoms with Gasteiger partial charge in [-0.15, -0.1) is 0 Å². The normalized spacial score (nSPS) is 17.8. The second kappa shape index (κ2) is 10.9. The number of rotatable bonds is 9. The highest BCUT2D eigenvalue weighted by atomic mass is 19.4. The number of alkyl halides is 3. The fourth-order valence-corrected chi connectivity index (χ4v) is 4.62. The predicted octanol–water partition coefficient (Wildman–Crippen LogP) is 5.08. The van der Waals surface area contributed by atoms with Crippen molar-refractivity contribution in [1.29, 1.82) is 0 Å². The fraction of sp³-hybridized carbons (Fsp3) is 0.423. The van der Waals surface area contributed by atoms with Crippen molar-refractivity contribution in [2.24, 2.45) is 5.92 Å².